The maximum atomic E-state index is 13.2. The van der Waals surface area contributed by atoms with Crippen molar-refractivity contribution in [3.8, 4) is 5.75 Å². The highest BCUT2D eigenvalue weighted by Gasteiger charge is 2.22. The van der Waals surface area contributed by atoms with E-state index in [-0.39, 0.29) is 30.4 Å². The number of carbonyl (C=O) groups is 2. The number of hydrogen-bond donors (Lipinski definition) is 2. The van der Waals surface area contributed by atoms with Gasteiger partial charge in [0.05, 0.1) is 19.4 Å². The first-order chi connectivity index (χ1) is 16.5. The second-order valence-electron chi connectivity index (χ2n) is 8.11. The maximum absolute atomic E-state index is 13.2. The van der Waals surface area contributed by atoms with Gasteiger partial charge in [-0.15, -0.1) is 0 Å². The molecule has 0 radical (unpaired) electrons. The Balaban J connectivity index is 1.38. The van der Waals surface area contributed by atoms with Crippen LogP contribution in [0.25, 0.3) is 10.9 Å². The molecule has 1 fully saturated rings. The third-order valence-electron chi connectivity index (χ3n) is 5.97. The Bertz CT molecular complexity index is 1150. The Hall–Kier alpha value is -3.59. The molecule has 0 unspecified atom stereocenters. The number of nitrogens with one attached hydrogen (secondary N) is 2. The zero-order valence-corrected chi connectivity index (χ0v) is 19.4. The molecular formula is C25H29FN4O4. The van der Waals surface area contributed by atoms with E-state index in [2.05, 4.69) is 20.1 Å². The highest BCUT2D eigenvalue weighted by Crippen LogP contribution is 2.31. The smallest absolute Gasteiger partial charge is 0.356 e. The van der Waals surface area contributed by atoms with Crippen molar-refractivity contribution < 1.29 is 23.5 Å². The fourth-order valence-electron chi connectivity index (χ4n) is 4.13. The highest BCUT2D eigenvalue weighted by molar-refractivity contribution is 6.11. The Morgan fingerprint density at radius 3 is 2.50 bits per heavy atom. The number of anilines is 2. The molecule has 0 spiro atoms. The molecule has 1 aliphatic rings. The second kappa shape index (κ2) is 10.6. The fraction of sp³-hybridized carbons (Fsp3) is 0.360. The van der Waals surface area contributed by atoms with Gasteiger partial charge in [-0.1, -0.05) is 0 Å². The predicted molar refractivity (Wildman–Crippen MR) is 129 cm³/mol. The number of methoxy groups -OCH3 is 1. The number of carbonyl (C=O) groups excluding carboxylic acids is 2. The average Bonchev–Trinajstić information content (AvgIpc) is 3.21. The number of rotatable bonds is 8. The van der Waals surface area contributed by atoms with Crippen LogP contribution in [0.15, 0.2) is 42.5 Å². The van der Waals surface area contributed by atoms with Crippen molar-refractivity contribution in [3.63, 3.8) is 0 Å². The number of aromatic amines is 1. The van der Waals surface area contributed by atoms with E-state index in [1.807, 2.05) is 0 Å². The molecule has 180 valence electrons. The molecule has 0 atom stereocenters. The largest absolute Gasteiger partial charge is 0.497 e. The molecule has 2 heterocycles. The van der Waals surface area contributed by atoms with Gasteiger partial charge < -0.3 is 24.7 Å². The molecule has 1 aromatic heterocycles. The van der Waals surface area contributed by atoms with Gasteiger partial charge in [0.15, 0.2) is 0 Å². The molecule has 2 N–H and O–H groups in total. The Morgan fingerprint density at radius 2 is 1.82 bits per heavy atom. The Morgan fingerprint density at radius 1 is 1.09 bits per heavy atom. The van der Waals surface area contributed by atoms with Crippen LogP contribution in [0.5, 0.6) is 5.75 Å². The normalized spacial score (nSPS) is 14.3. The van der Waals surface area contributed by atoms with Crippen LogP contribution < -0.4 is 15.0 Å². The lowest BCUT2D eigenvalue weighted by Gasteiger charge is -2.36. The number of nitrogens with zero attached hydrogens (tertiary/aromatic N) is 2. The Kier molecular flexibility index (Phi) is 7.32. The molecule has 2 aromatic carbocycles. The summed E-state index contributed by atoms with van der Waals surface area (Å²) in [6.45, 7) is 5.80. The van der Waals surface area contributed by atoms with Crippen LogP contribution in [-0.2, 0) is 9.53 Å². The topological polar surface area (TPSA) is 86.9 Å². The predicted octanol–water partition coefficient (Wildman–Crippen LogP) is 3.64. The van der Waals surface area contributed by atoms with Crippen molar-refractivity contribution >= 4 is 34.2 Å². The van der Waals surface area contributed by atoms with Crippen molar-refractivity contribution in [2.24, 2.45) is 0 Å². The number of aromatic nitrogens is 1. The quantitative estimate of drug-likeness (QED) is 0.491. The van der Waals surface area contributed by atoms with Crippen LogP contribution in [0.4, 0.5) is 15.8 Å². The lowest BCUT2D eigenvalue weighted by atomic mass is 10.2. The molecule has 9 heteroatoms. The van der Waals surface area contributed by atoms with Crippen LogP contribution in [-0.4, -0.2) is 68.2 Å². The van der Waals surface area contributed by atoms with Crippen molar-refractivity contribution in [2.45, 2.75) is 13.3 Å². The maximum Gasteiger partial charge on any atom is 0.356 e. The van der Waals surface area contributed by atoms with Gasteiger partial charge in [0, 0.05) is 55.7 Å². The number of esters is 1. The van der Waals surface area contributed by atoms with E-state index in [9.17, 15) is 14.0 Å². The summed E-state index contributed by atoms with van der Waals surface area (Å²) in [7, 11) is 1.56. The molecule has 34 heavy (non-hydrogen) atoms. The van der Waals surface area contributed by atoms with Crippen LogP contribution in [0.1, 0.15) is 23.8 Å². The molecule has 1 amide bonds. The summed E-state index contributed by atoms with van der Waals surface area (Å²) in [5, 5.41) is 3.59. The highest BCUT2D eigenvalue weighted by atomic mass is 19.1. The van der Waals surface area contributed by atoms with E-state index in [1.54, 1.807) is 44.4 Å². The van der Waals surface area contributed by atoms with E-state index < -0.39 is 5.97 Å². The minimum Gasteiger partial charge on any atom is -0.497 e. The first-order valence-electron chi connectivity index (χ1n) is 11.4. The third-order valence-corrected chi connectivity index (χ3v) is 5.97. The minimum absolute atomic E-state index is 0.185. The number of ether oxygens (including phenoxy) is 2. The zero-order chi connectivity index (χ0) is 24.1. The zero-order valence-electron chi connectivity index (χ0n) is 19.4. The van der Waals surface area contributed by atoms with Gasteiger partial charge in [0.25, 0.3) is 0 Å². The molecule has 0 saturated carbocycles. The summed E-state index contributed by atoms with van der Waals surface area (Å²) in [5.41, 5.74) is 2.32. The fourth-order valence-corrected chi connectivity index (χ4v) is 4.13. The number of H-pyrrole nitrogens is 1. The third kappa shape index (κ3) is 5.31. The van der Waals surface area contributed by atoms with Gasteiger partial charge in [0.1, 0.15) is 17.3 Å². The molecule has 1 aliphatic heterocycles. The van der Waals surface area contributed by atoms with Crippen molar-refractivity contribution in [1.82, 2.24) is 9.88 Å². The van der Waals surface area contributed by atoms with Gasteiger partial charge >= 0.3 is 5.97 Å². The first-order valence-corrected chi connectivity index (χ1v) is 11.4. The molecule has 1 saturated heterocycles. The lowest BCUT2D eigenvalue weighted by molar-refractivity contribution is -0.116. The number of amides is 1. The molecular weight excluding hydrogens is 439 g/mol. The van der Waals surface area contributed by atoms with E-state index in [0.717, 1.165) is 31.9 Å². The molecule has 4 rings (SSSR count). The molecule has 0 bridgehead atoms. The van der Waals surface area contributed by atoms with E-state index in [4.69, 9.17) is 9.47 Å². The summed E-state index contributed by atoms with van der Waals surface area (Å²) >= 11 is 0. The SMILES string of the molecule is CCOC(=O)c1[nH]c2ccc(OC)cc2c1NC(=O)CCN1CCN(c2ccc(F)cc2)CC1. The number of halogens is 1. The second-order valence-corrected chi connectivity index (χ2v) is 8.11. The number of fused-ring (bicyclic) bond motifs is 1. The number of hydrogen-bond acceptors (Lipinski definition) is 6. The van der Waals surface area contributed by atoms with Crippen molar-refractivity contribution in [1.29, 1.82) is 0 Å². The molecule has 3 aromatic rings. The van der Waals surface area contributed by atoms with Gasteiger partial charge in [-0.3, -0.25) is 9.69 Å². The van der Waals surface area contributed by atoms with Crippen LogP contribution in [0.2, 0.25) is 0 Å². The van der Waals surface area contributed by atoms with Gasteiger partial charge in [-0.05, 0) is 49.4 Å². The van der Waals surface area contributed by atoms with Crippen LogP contribution >= 0.6 is 0 Å². The van der Waals surface area contributed by atoms with Crippen molar-refractivity contribution in [2.75, 3.05) is 56.7 Å². The summed E-state index contributed by atoms with van der Waals surface area (Å²) in [5.74, 6) is -0.329. The summed E-state index contributed by atoms with van der Waals surface area (Å²) in [4.78, 5) is 32.8. The molecule has 8 nitrogen and oxygen atoms in total. The number of benzene rings is 2. The molecule has 0 aliphatic carbocycles. The van der Waals surface area contributed by atoms with Crippen molar-refractivity contribution in [3.05, 3.63) is 54.0 Å². The van der Waals surface area contributed by atoms with E-state index in [0.29, 0.717) is 28.9 Å². The Labute approximate surface area is 197 Å². The average molecular weight is 469 g/mol. The van der Waals surface area contributed by atoms with Gasteiger partial charge in [-0.25, -0.2) is 9.18 Å². The van der Waals surface area contributed by atoms with Gasteiger partial charge in [0.2, 0.25) is 5.91 Å². The van der Waals surface area contributed by atoms with Gasteiger partial charge in [-0.2, -0.15) is 0 Å². The van der Waals surface area contributed by atoms with Crippen LogP contribution in [0.3, 0.4) is 0 Å². The standard InChI is InChI=1S/C25H29FN4O4/c1-3-34-25(32)24-23(20-16-19(33-2)8-9-21(20)27-24)28-22(31)10-11-29-12-14-30(15-13-29)18-6-4-17(26)5-7-18/h4-9,16,27H,3,10-15H2,1-2H3,(H,28,31). The first kappa shape index (κ1) is 23.6. The monoisotopic (exact) mass is 468 g/mol. The summed E-state index contributed by atoms with van der Waals surface area (Å²) < 4.78 is 23.6. The summed E-state index contributed by atoms with van der Waals surface area (Å²) in [6.07, 6.45) is 0.287. The minimum atomic E-state index is -0.523. The van der Waals surface area contributed by atoms with E-state index in [1.165, 1.54) is 12.1 Å². The number of piperazine rings is 1. The van der Waals surface area contributed by atoms with E-state index >= 15 is 0 Å². The van der Waals surface area contributed by atoms with Crippen LogP contribution in [0, 0.1) is 5.82 Å². The summed E-state index contributed by atoms with van der Waals surface area (Å²) in [6, 6.07) is 11.9. The lowest BCUT2D eigenvalue weighted by Crippen LogP contribution is -2.47.